The maximum atomic E-state index is 13.8. The lowest BCUT2D eigenvalue weighted by Crippen LogP contribution is -2.65. The first-order valence-corrected chi connectivity index (χ1v) is 13.5. The number of benzene rings is 1. The van der Waals surface area contributed by atoms with Crippen LogP contribution in [0.4, 0.5) is 15.9 Å². The molecular formula is C29H35FN8. The largest absolute Gasteiger partial charge is 0.368 e. The van der Waals surface area contributed by atoms with Gasteiger partial charge in [-0.1, -0.05) is 6.07 Å². The van der Waals surface area contributed by atoms with Crippen molar-refractivity contribution in [2.75, 3.05) is 62.2 Å². The molecule has 3 aromatic rings. The zero-order valence-electron chi connectivity index (χ0n) is 22.8. The number of fused-ring (bicyclic) bond motifs is 2. The number of hydrogen-bond donors (Lipinski definition) is 1. The molecule has 1 aromatic carbocycles. The van der Waals surface area contributed by atoms with Crippen molar-refractivity contribution in [1.29, 1.82) is 5.26 Å². The molecule has 2 N–H and O–H groups in total. The fraction of sp³-hybridized carbons (Fsp3) is 0.483. The van der Waals surface area contributed by atoms with Crippen LogP contribution in [0.25, 0.3) is 10.9 Å². The third kappa shape index (κ3) is 4.80. The fourth-order valence-corrected chi connectivity index (χ4v) is 6.31. The van der Waals surface area contributed by atoms with E-state index in [1.54, 1.807) is 6.07 Å². The fourth-order valence-electron chi connectivity index (χ4n) is 6.31. The predicted octanol–water partition coefficient (Wildman–Crippen LogP) is 2.42. The van der Waals surface area contributed by atoms with Crippen molar-refractivity contribution >= 4 is 22.4 Å². The quantitative estimate of drug-likeness (QED) is 0.554. The van der Waals surface area contributed by atoms with Gasteiger partial charge in [0.2, 0.25) is 0 Å². The smallest absolute Gasteiger partial charge is 0.134 e. The van der Waals surface area contributed by atoms with Gasteiger partial charge in [-0.2, -0.15) is 5.26 Å². The minimum Gasteiger partial charge on any atom is -0.368 e. The summed E-state index contributed by atoms with van der Waals surface area (Å²) in [5, 5.41) is 10.5. The molecule has 9 heteroatoms. The van der Waals surface area contributed by atoms with Gasteiger partial charge in [0.1, 0.15) is 18.1 Å². The molecule has 8 nitrogen and oxygen atoms in total. The van der Waals surface area contributed by atoms with E-state index in [2.05, 4.69) is 43.7 Å². The van der Waals surface area contributed by atoms with Gasteiger partial charge in [-0.05, 0) is 49.2 Å². The van der Waals surface area contributed by atoms with Gasteiger partial charge in [0.25, 0.3) is 0 Å². The summed E-state index contributed by atoms with van der Waals surface area (Å²) in [6.45, 7) is 9.02. The van der Waals surface area contributed by atoms with Crippen LogP contribution in [0.2, 0.25) is 0 Å². The average Bonchev–Trinajstić information content (AvgIpc) is 3.28. The SMILES string of the molecule is [2H]c1ccc2c(N3C[C@@H]4CN(CCc5ccc(N6C[C@@H](N)[C@@H](F)C6)nc5)CCN4[C@H](C)C3)ccc(C#N)c2n1. The van der Waals surface area contributed by atoms with Gasteiger partial charge in [-0.15, -0.1) is 0 Å². The van der Waals surface area contributed by atoms with Crippen LogP contribution in [0.15, 0.2) is 48.8 Å². The van der Waals surface area contributed by atoms with Crippen molar-refractivity contribution in [2.24, 2.45) is 5.73 Å². The van der Waals surface area contributed by atoms with Gasteiger partial charge in [-0.3, -0.25) is 9.88 Å². The van der Waals surface area contributed by atoms with Gasteiger partial charge >= 0.3 is 0 Å². The molecule has 0 spiro atoms. The van der Waals surface area contributed by atoms with Gasteiger partial charge in [0, 0.05) is 81.3 Å². The molecule has 0 saturated carbocycles. The zero-order chi connectivity index (χ0) is 27.1. The van der Waals surface area contributed by atoms with Crippen molar-refractivity contribution in [3.05, 3.63) is 59.9 Å². The van der Waals surface area contributed by atoms with Crippen molar-refractivity contribution in [3.63, 3.8) is 0 Å². The Kier molecular flexibility index (Phi) is 6.53. The minimum atomic E-state index is -0.994. The lowest BCUT2D eigenvalue weighted by atomic mass is 10.0. The maximum Gasteiger partial charge on any atom is 0.134 e. The summed E-state index contributed by atoms with van der Waals surface area (Å²) >= 11 is 0. The first-order valence-electron chi connectivity index (χ1n) is 14.0. The molecule has 198 valence electrons. The molecule has 2 aromatic heterocycles. The highest BCUT2D eigenvalue weighted by atomic mass is 19.1. The Morgan fingerprint density at radius 2 is 1.97 bits per heavy atom. The van der Waals surface area contributed by atoms with E-state index in [1.165, 1.54) is 5.56 Å². The molecule has 4 atom stereocenters. The second kappa shape index (κ2) is 10.4. The Morgan fingerprint density at radius 1 is 1.08 bits per heavy atom. The van der Waals surface area contributed by atoms with Crippen LogP contribution in [0.5, 0.6) is 0 Å². The van der Waals surface area contributed by atoms with E-state index in [0.29, 0.717) is 36.3 Å². The van der Waals surface area contributed by atoms with E-state index in [-0.39, 0.29) is 6.17 Å². The number of alkyl halides is 1. The van der Waals surface area contributed by atoms with Crippen molar-refractivity contribution < 1.29 is 5.76 Å². The molecule has 0 amide bonds. The number of hydrogen-bond acceptors (Lipinski definition) is 8. The van der Waals surface area contributed by atoms with Crippen LogP contribution in [-0.4, -0.2) is 96.4 Å². The first kappa shape index (κ1) is 23.8. The Labute approximate surface area is 224 Å². The van der Waals surface area contributed by atoms with Crippen molar-refractivity contribution in [1.82, 2.24) is 19.8 Å². The van der Waals surface area contributed by atoms with E-state index >= 15 is 0 Å². The molecule has 3 aliphatic rings. The maximum absolute atomic E-state index is 13.8. The first-order chi connectivity index (χ1) is 18.9. The molecular weight excluding hydrogens is 479 g/mol. The van der Waals surface area contributed by atoms with E-state index in [9.17, 15) is 9.65 Å². The van der Waals surface area contributed by atoms with E-state index in [1.807, 2.05) is 35.4 Å². The Hall–Kier alpha value is -3.32. The summed E-state index contributed by atoms with van der Waals surface area (Å²) in [5.74, 6) is 0.795. The molecule has 0 unspecified atom stereocenters. The number of rotatable bonds is 5. The topological polar surface area (TPSA) is 88.5 Å². The predicted molar refractivity (Wildman–Crippen MR) is 148 cm³/mol. The monoisotopic (exact) mass is 515 g/mol. The third-order valence-electron chi connectivity index (χ3n) is 8.39. The Balaban J connectivity index is 1.11. The van der Waals surface area contributed by atoms with Gasteiger partial charge in [0.15, 0.2) is 0 Å². The second-order valence-corrected chi connectivity index (χ2v) is 10.9. The van der Waals surface area contributed by atoms with Gasteiger partial charge < -0.3 is 20.4 Å². The second-order valence-electron chi connectivity index (χ2n) is 10.9. The molecule has 3 aliphatic heterocycles. The molecule has 6 rings (SSSR count). The summed E-state index contributed by atoms with van der Waals surface area (Å²) in [6, 6.07) is 14.2. The van der Waals surface area contributed by atoms with Crippen LogP contribution in [-0.2, 0) is 6.42 Å². The van der Waals surface area contributed by atoms with E-state index < -0.39 is 12.2 Å². The van der Waals surface area contributed by atoms with E-state index in [4.69, 9.17) is 7.10 Å². The Morgan fingerprint density at radius 3 is 2.74 bits per heavy atom. The molecule has 3 fully saturated rings. The van der Waals surface area contributed by atoms with Crippen LogP contribution < -0.4 is 15.5 Å². The minimum absolute atomic E-state index is 0.177. The molecule has 0 bridgehead atoms. The summed E-state index contributed by atoms with van der Waals surface area (Å²) < 4.78 is 21.7. The highest BCUT2D eigenvalue weighted by molar-refractivity contribution is 5.95. The number of aromatic nitrogens is 2. The number of nitrogens with two attached hydrogens (primary N) is 1. The van der Waals surface area contributed by atoms with Crippen LogP contribution >= 0.6 is 0 Å². The molecule has 0 aliphatic carbocycles. The summed E-state index contributed by atoms with van der Waals surface area (Å²) in [5.41, 5.74) is 9.22. The number of piperazine rings is 2. The molecule has 0 radical (unpaired) electrons. The highest BCUT2D eigenvalue weighted by Gasteiger charge is 2.36. The number of anilines is 2. The van der Waals surface area contributed by atoms with Crippen molar-refractivity contribution in [3.8, 4) is 6.07 Å². The standard InChI is InChI=1S/C29H35FN8/c1-20-15-36(27-6-5-22(13-31)29-24(27)3-2-9-33-29)17-23-16-35(11-12-38(20)23)10-8-21-4-7-28(34-14-21)37-18-25(30)26(32)19-37/h2-7,9,14,20,23,25-26H,8,10-12,15-19,32H2,1H3/t20-,23+,25+,26-/m1/s1/i9D. The number of nitriles is 1. The summed E-state index contributed by atoms with van der Waals surface area (Å²) in [7, 11) is 0. The van der Waals surface area contributed by atoms with Gasteiger partial charge in [0.05, 0.1) is 25.0 Å². The summed E-state index contributed by atoms with van der Waals surface area (Å²) in [6.07, 6.45) is 2.02. The number of pyridine rings is 2. The van der Waals surface area contributed by atoms with Gasteiger partial charge in [-0.25, -0.2) is 9.37 Å². The molecule has 5 heterocycles. The van der Waals surface area contributed by atoms with Crippen molar-refractivity contribution in [2.45, 2.75) is 37.6 Å². The van der Waals surface area contributed by atoms with Crippen LogP contribution in [0.1, 0.15) is 19.4 Å². The highest BCUT2D eigenvalue weighted by Crippen LogP contribution is 2.32. The Bertz CT molecular complexity index is 1370. The van der Waals surface area contributed by atoms with Crippen LogP contribution in [0.3, 0.4) is 0 Å². The lowest BCUT2D eigenvalue weighted by Gasteiger charge is -2.51. The third-order valence-corrected chi connectivity index (χ3v) is 8.39. The zero-order valence-corrected chi connectivity index (χ0v) is 21.8. The normalized spacial score (nSPS) is 26.8. The number of nitrogens with zero attached hydrogens (tertiary/aromatic N) is 7. The van der Waals surface area contributed by atoms with Crippen LogP contribution in [0, 0.1) is 11.3 Å². The molecule has 3 saturated heterocycles. The lowest BCUT2D eigenvalue weighted by molar-refractivity contribution is 0.0356. The number of halogens is 1. The molecule has 38 heavy (non-hydrogen) atoms. The van der Waals surface area contributed by atoms with E-state index in [0.717, 1.165) is 62.6 Å². The summed E-state index contributed by atoms with van der Waals surface area (Å²) in [4.78, 5) is 18.5. The average molecular weight is 516 g/mol.